The molecule has 0 aliphatic carbocycles. The van der Waals surface area contributed by atoms with Gasteiger partial charge in [-0.1, -0.05) is 140 Å². The minimum atomic E-state index is -1.70. The molecule has 5 aromatic rings. The maximum absolute atomic E-state index is 13.6. The standard InChI is InChI=1S/C49H52O12/c1-34(50)57-45-42(33-54-29-36-19-9-3-10-20-36)59-49(52)47(61-48(51)39-25-15-6-16-26-39)46(45)60-43-27-40(55-30-37-21-11-4-12-22-37)44(56-31-38-23-13-5-14-24-38)41(58-43)32-53-28-35-17-7-2-8-18-35/h2-26,40-47,49,52H,27-33H2,1H3/t40-,41-,42-,43-,44+,45-,46+,47-,49+/m1/s1. The van der Waals surface area contributed by atoms with Crippen LogP contribution in [0.15, 0.2) is 152 Å². The third-order valence-electron chi connectivity index (χ3n) is 10.3. The number of benzene rings is 5. The number of hydrogen-bond donors (Lipinski definition) is 1. The summed E-state index contributed by atoms with van der Waals surface area (Å²) in [6.45, 7) is 2.36. The zero-order chi connectivity index (χ0) is 42.2. The highest BCUT2D eigenvalue weighted by atomic mass is 16.7. The van der Waals surface area contributed by atoms with Crippen molar-refractivity contribution in [1.29, 1.82) is 0 Å². The van der Waals surface area contributed by atoms with Crippen LogP contribution in [-0.2, 0) is 73.9 Å². The zero-order valence-corrected chi connectivity index (χ0v) is 34.0. The normalized spacial score (nSPS) is 25.0. The molecule has 5 aromatic carbocycles. The molecule has 0 spiro atoms. The van der Waals surface area contributed by atoms with E-state index in [-0.39, 0.29) is 45.0 Å². The van der Waals surface area contributed by atoms with Crippen LogP contribution in [0.4, 0.5) is 0 Å². The van der Waals surface area contributed by atoms with Gasteiger partial charge in [-0.2, -0.15) is 0 Å². The van der Waals surface area contributed by atoms with Crippen molar-refractivity contribution >= 4 is 11.9 Å². The Kier molecular flexibility index (Phi) is 16.2. The Morgan fingerprint density at radius 1 is 0.541 bits per heavy atom. The van der Waals surface area contributed by atoms with Crippen LogP contribution < -0.4 is 0 Å². The lowest BCUT2D eigenvalue weighted by molar-refractivity contribution is -0.342. The van der Waals surface area contributed by atoms with Crippen molar-refractivity contribution in [3.63, 3.8) is 0 Å². The summed E-state index contributed by atoms with van der Waals surface area (Å²) in [7, 11) is 0. The Bertz CT molecular complexity index is 2040. The predicted octanol–water partition coefficient (Wildman–Crippen LogP) is 6.97. The summed E-state index contributed by atoms with van der Waals surface area (Å²) in [5, 5.41) is 11.6. The molecule has 2 heterocycles. The SMILES string of the molecule is CC(=O)O[C@H]1[C@H](O[C@@H]2C[C@@H](OCc3ccccc3)[C@H](OCc3ccccc3)[C@@H](COCc3ccccc3)O2)[C@@H](OC(=O)c2ccccc2)[C@@H](O)O[C@@H]1COCc1ccccc1. The van der Waals surface area contributed by atoms with Gasteiger partial charge in [-0.3, -0.25) is 4.79 Å². The van der Waals surface area contributed by atoms with Gasteiger partial charge in [0.1, 0.15) is 24.4 Å². The molecule has 12 heteroatoms. The minimum Gasteiger partial charge on any atom is -0.457 e. The lowest BCUT2D eigenvalue weighted by Gasteiger charge is -2.47. The quantitative estimate of drug-likeness (QED) is 0.0862. The lowest BCUT2D eigenvalue weighted by atomic mass is 9.97. The van der Waals surface area contributed by atoms with Crippen molar-refractivity contribution in [3.05, 3.63) is 179 Å². The first-order valence-electron chi connectivity index (χ1n) is 20.5. The first kappa shape index (κ1) is 43.8. The fourth-order valence-electron chi connectivity index (χ4n) is 7.35. The van der Waals surface area contributed by atoms with Gasteiger partial charge in [0.2, 0.25) is 0 Å². The first-order chi connectivity index (χ1) is 29.9. The largest absolute Gasteiger partial charge is 0.457 e. The Balaban J connectivity index is 1.18. The van der Waals surface area contributed by atoms with Crippen LogP contribution in [0.3, 0.4) is 0 Å². The van der Waals surface area contributed by atoms with Crippen LogP contribution in [0.5, 0.6) is 0 Å². The predicted molar refractivity (Wildman–Crippen MR) is 222 cm³/mol. The van der Waals surface area contributed by atoms with Crippen LogP contribution in [-0.4, -0.2) is 85.6 Å². The molecule has 320 valence electrons. The van der Waals surface area contributed by atoms with Crippen molar-refractivity contribution in [2.45, 2.75) is 95.1 Å². The summed E-state index contributed by atoms with van der Waals surface area (Å²) in [6.07, 6.45) is -9.54. The van der Waals surface area contributed by atoms with Gasteiger partial charge in [-0.25, -0.2) is 4.79 Å². The highest BCUT2D eigenvalue weighted by Gasteiger charge is 2.53. The fourth-order valence-corrected chi connectivity index (χ4v) is 7.35. The Hall–Kier alpha value is -5.28. The number of aliphatic hydroxyl groups excluding tert-OH is 1. The second-order valence-corrected chi connectivity index (χ2v) is 14.9. The number of carbonyl (C=O) groups excluding carboxylic acids is 2. The maximum atomic E-state index is 13.6. The van der Waals surface area contributed by atoms with E-state index in [2.05, 4.69) is 0 Å². The monoisotopic (exact) mass is 832 g/mol. The van der Waals surface area contributed by atoms with E-state index in [1.807, 2.05) is 121 Å². The molecule has 2 aliphatic heterocycles. The summed E-state index contributed by atoms with van der Waals surface area (Å²) in [4.78, 5) is 26.4. The molecule has 61 heavy (non-hydrogen) atoms. The summed E-state index contributed by atoms with van der Waals surface area (Å²) in [6, 6.07) is 47.3. The molecular weight excluding hydrogens is 781 g/mol. The van der Waals surface area contributed by atoms with Gasteiger partial charge in [0, 0.05) is 13.3 Å². The van der Waals surface area contributed by atoms with E-state index in [1.54, 1.807) is 30.3 Å². The average Bonchev–Trinajstić information content (AvgIpc) is 3.29. The van der Waals surface area contributed by atoms with Gasteiger partial charge >= 0.3 is 11.9 Å². The highest BCUT2D eigenvalue weighted by Crippen LogP contribution is 2.34. The van der Waals surface area contributed by atoms with Gasteiger partial charge in [0.15, 0.2) is 24.8 Å². The Morgan fingerprint density at radius 2 is 1.00 bits per heavy atom. The summed E-state index contributed by atoms with van der Waals surface area (Å²) in [5.74, 6) is -1.38. The van der Waals surface area contributed by atoms with E-state index in [1.165, 1.54) is 6.92 Å². The molecule has 7 rings (SSSR count). The maximum Gasteiger partial charge on any atom is 0.338 e. The summed E-state index contributed by atoms with van der Waals surface area (Å²) < 4.78 is 57.0. The number of aliphatic hydroxyl groups is 1. The molecule has 12 nitrogen and oxygen atoms in total. The van der Waals surface area contributed by atoms with E-state index in [0.29, 0.717) is 6.61 Å². The average molecular weight is 833 g/mol. The third-order valence-corrected chi connectivity index (χ3v) is 10.3. The van der Waals surface area contributed by atoms with Crippen LogP contribution in [0.2, 0.25) is 0 Å². The van der Waals surface area contributed by atoms with E-state index in [9.17, 15) is 14.7 Å². The molecule has 2 saturated heterocycles. The van der Waals surface area contributed by atoms with Crippen LogP contribution in [0.1, 0.15) is 46.0 Å². The van der Waals surface area contributed by atoms with E-state index in [0.717, 1.165) is 22.3 Å². The number of ether oxygens (including phenoxy) is 9. The molecule has 1 N–H and O–H groups in total. The highest BCUT2D eigenvalue weighted by molar-refractivity contribution is 5.89. The molecule has 0 bridgehead atoms. The third kappa shape index (κ3) is 12.9. The number of rotatable bonds is 19. The number of esters is 2. The van der Waals surface area contributed by atoms with Crippen molar-refractivity contribution in [2.24, 2.45) is 0 Å². The van der Waals surface area contributed by atoms with Crippen LogP contribution in [0, 0.1) is 0 Å². The van der Waals surface area contributed by atoms with Gasteiger partial charge in [0.05, 0.1) is 51.3 Å². The van der Waals surface area contributed by atoms with E-state index in [4.69, 9.17) is 42.6 Å². The topological polar surface area (TPSA) is 137 Å². The molecule has 9 atom stereocenters. The van der Waals surface area contributed by atoms with Crippen LogP contribution in [0.25, 0.3) is 0 Å². The molecule has 2 fully saturated rings. The smallest absolute Gasteiger partial charge is 0.338 e. The molecular formula is C49H52O12. The van der Waals surface area contributed by atoms with Crippen molar-refractivity contribution < 1.29 is 57.3 Å². The zero-order valence-electron chi connectivity index (χ0n) is 34.0. The van der Waals surface area contributed by atoms with Gasteiger partial charge in [0.25, 0.3) is 0 Å². The lowest BCUT2D eigenvalue weighted by Crippen LogP contribution is -2.63. The molecule has 0 unspecified atom stereocenters. The number of carbonyl (C=O) groups is 2. The summed E-state index contributed by atoms with van der Waals surface area (Å²) in [5.41, 5.74) is 4.05. The summed E-state index contributed by atoms with van der Waals surface area (Å²) >= 11 is 0. The van der Waals surface area contributed by atoms with Crippen LogP contribution >= 0.6 is 0 Å². The Morgan fingerprint density at radius 3 is 1.51 bits per heavy atom. The molecule has 0 amide bonds. The fraction of sp³-hybridized carbons (Fsp3) is 0.347. The van der Waals surface area contributed by atoms with Gasteiger partial charge in [-0.05, 0) is 34.4 Å². The Labute approximate surface area is 356 Å². The number of hydrogen-bond acceptors (Lipinski definition) is 12. The minimum absolute atomic E-state index is 0.0944. The molecule has 0 saturated carbocycles. The van der Waals surface area contributed by atoms with E-state index >= 15 is 0 Å². The van der Waals surface area contributed by atoms with E-state index < -0.39 is 67.2 Å². The van der Waals surface area contributed by atoms with Crippen molar-refractivity contribution in [1.82, 2.24) is 0 Å². The van der Waals surface area contributed by atoms with Gasteiger partial charge < -0.3 is 47.7 Å². The first-order valence-corrected chi connectivity index (χ1v) is 20.5. The van der Waals surface area contributed by atoms with Crippen molar-refractivity contribution in [3.8, 4) is 0 Å². The molecule has 0 radical (unpaired) electrons. The molecule has 0 aromatic heterocycles. The second-order valence-electron chi connectivity index (χ2n) is 14.9. The molecule has 2 aliphatic rings. The second kappa shape index (κ2) is 22.5. The van der Waals surface area contributed by atoms with Gasteiger partial charge in [-0.15, -0.1) is 0 Å². The van der Waals surface area contributed by atoms with Crippen molar-refractivity contribution in [2.75, 3.05) is 13.2 Å².